The number of benzene rings is 2. The molecule has 0 aliphatic carbocycles. The molecule has 1 aliphatic heterocycles. The summed E-state index contributed by atoms with van der Waals surface area (Å²) in [4.78, 5) is 15.0. The predicted molar refractivity (Wildman–Crippen MR) is 109 cm³/mol. The van der Waals surface area contributed by atoms with E-state index >= 15 is 0 Å². The maximum absolute atomic E-state index is 11.0. The molecule has 9 heteroatoms. The minimum atomic E-state index is -0.450. The fraction of sp³-hybridized carbons (Fsp3) is 0.100. The lowest BCUT2D eigenvalue weighted by Crippen LogP contribution is -2.15. The van der Waals surface area contributed by atoms with Crippen LogP contribution in [0.4, 0.5) is 11.4 Å². The van der Waals surface area contributed by atoms with E-state index in [-0.39, 0.29) is 5.69 Å². The Bertz CT molecular complexity index is 1150. The molecule has 2 heterocycles. The van der Waals surface area contributed by atoms with Crippen molar-refractivity contribution in [2.45, 2.75) is 0 Å². The number of nitriles is 1. The molecular weight excluding hydrogens is 392 g/mol. The van der Waals surface area contributed by atoms with E-state index in [4.69, 9.17) is 9.47 Å². The molecule has 0 atom stereocenters. The molecule has 0 saturated heterocycles. The van der Waals surface area contributed by atoms with Crippen LogP contribution in [0.15, 0.2) is 54.0 Å². The van der Waals surface area contributed by atoms with Crippen molar-refractivity contribution in [2.75, 3.05) is 18.5 Å². The molecule has 0 saturated carbocycles. The maximum Gasteiger partial charge on any atom is 0.270 e. The number of fused-ring (bicyclic) bond motifs is 1. The second-order valence-electron chi connectivity index (χ2n) is 6.02. The van der Waals surface area contributed by atoms with E-state index in [1.54, 1.807) is 35.8 Å². The van der Waals surface area contributed by atoms with Crippen LogP contribution < -0.4 is 14.8 Å². The SMILES string of the molecule is N#CC(=CNc1ccc2c(c1)OCCO2)c1nc(-c2cccc([N+](=O)[O-])c2)cs1. The first kappa shape index (κ1) is 18.5. The van der Waals surface area contributed by atoms with Crippen molar-refractivity contribution in [3.63, 3.8) is 0 Å². The number of hydrogen-bond acceptors (Lipinski definition) is 8. The number of nitrogens with one attached hydrogen (secondary N) is 1. The standard InChI is InChI=1S/C20H14N4O4S/c21-10-14(11-22-15-4-5-18-19(9-15)28-7-6-27-18)20-23-17(12-29-20)13-2-1-3-16(8-13)24(25)26/h1-5,8-9,11-12,22H,6-7H2. The largest absolute Gasteiger partial charge is 0.486 e. The molecule has 0 bridgehead atoms. The van der Waals surface area contributed by atoms with Gasteiger partial charge in [-0.05, 0) is 12.1 Å². The van der Waals surface area contributed by atoms with Gasteiger partial charge in [0.25, 0.3) is 5.69 Å². The minimum Gasteiger partial charge on any atom is -0.486 e. The van der Waals surface area contributed by atoms with Crippen LogP contribution in [-0.2, 0) is 0 Å². The zero-order valence-corrected chi connectivity index (χ0v) is 15.8. The zero-order chi connectivity index (χ0) is 20.2. The Hall–Kier alpha value is -3.90. The van der Waals surface area contributed by atoms with E-state index in [9.17, 15) is 15.4 Å². The third-order valence-corrected chi connectivity index (χ3v) is 5.01. The summed E-state index contributed by atoms with van der Waals surface area (Å²) in [6, 6.07) is 13.8. The fourth-order valence-corrected chi connectivity index (χ4v) is 3.53. The highest BCUT2D eigenvalue weighted by molar-refractivity contribution is 7.11. The predicted octanol–water partition coefficient (Wildman–Crippen LogP) is 4.47. The normalized spacial score (nSPS) is 12.9. The third kappa shape index (κ3) is 4.02. The number of anilines is 1. The summed E-state index contributed by atoms with van der Waals surface area (Å²) in [5, 5.41) is 25.8. The Morgan fingerprint density at radius 1 is 1.24 bits per heavy atom. The van der Waals surface area contributed by atoms with Gasteiger partial charge >= 0.3 is 0 Å². The minimum absolute atomic E-state index is 0.00614. The Kier molecular flexibility index (Phi) is 5.09. The van der Waals surface area contributed by atoms with Gasteiger partial charge in [0.1, 0.15) is 29.9 Å². The van der Waals surface area contributed by atoms with E-state index in [0.29, 0.717) is 46.6 Å². The fourth-order valence-electron chi connectivity index (χ4n) is 2.74. The lowest BCUT2D eigenvalue weighted by molar-refractivity contribution is -0.384. The summed E-state index contributed by atoms with van der Waals surface area (Å²) in [5.74, 6) is 1.34. The van der Waals surface area contributed by atoms with Crippen molar-refractivity contribution in [1.82, 2.24) is 4.98 Å². The quantitative estimate of drug-likeness (QED) is 0.378. The molecule has 4 rings (SSSR count). The van der Waals surface area contributed by atoms with Crippen LogP contribution in [-0.4, -0.2) is 23.1 Å². The van der Waals surface area contributed by atoms with E-state index in [0.717, 1.165) is 5.69 Å². The Balaban J connectivity index is 1.55. The highest BCUT2D eigenvalue weighted by Crippen LogP contribution is 2.33. The number of aromatic nitrogens is 1. The topological polar surface area (TPSA) is 110 Å². The number of nitro benzene ring substituents is 1. The van der Waals surface area contributed by atoms with Crippen LogP contribution >= 0.6 is 11.3 Å². The smallest absolute Gasteiger partial charge is 0.270 e. The van der Waals surface area contributed by atoms with Crippen molar-refractivity contribution >= 4 is 28.3 Å². The lowest BCUT2D eigenvalue weighted by Gasteiger charge is -2.18. The first-order valence-electron chi connectivity index (χ1n) is 8.61. The van der Waals surface area contributed by atoms with Gasteiger partial charge in [-0.15, -0.1) is 11.3 Å². The summed E-state index contributed by atoms with van der Waals surface area (Å²) >= 11 is 1.29. The number of allylic oxidation sites excluding steroid dienone is 1. The molecule has 1 aromatic heterocycles. The van der Waals surface area contributed by atoms with Gasteiger partial charge in [0, 0.05) is 41.0 Å². The zero-order valence-electron chi connectivity index (χ0n) is 15.0. The molecule has 0 spiro atoms. The second kappa shape index (κ2) is 8.00. The molecule has 144 valence electrons. The van der Waals surface area contributed by atoms with Gasteiger partial charge in [0.05, 0.1) is 10.6 Å². The summed E-state index contributed by atoms with van der Waals surface area (Å²) in [6.45, 7) is 1.02. The number of rotatable bonds is 5. The summed E-state index contributed by atoms with van der Waals surface area (Å²) < 4.78 is 11.0. The third-order valence-electron chi connectivity index (χ3n) is 4.13. The van der Waals surface area contributed by atoms with E-state index < -0.39 is 4.92 Å². The highest BCUT2D eigenvalue weighted by Gasteiger charge is 2.13. The van der Waals surface area contributed by atoms with Crippen LogP contribution in [0.1, 0.15) is 5.01 Å². The summed E-state index contributed by atoms with van der Waals surface area (Å²) in [6.07, 6.45) is 1.57. The second-order valence-corrected chi connectivity index (χ2v) is 6.88. The molecule has 2 aromatic carbocycles. The first-order valence-corrected chi connectivity index (χ1v) is 9.49. The Labute approximate surface area is 169 Å². The van der Waals surface area contributed by atoms with E-state index in [2.05, 4.69) is 16.4 Å². The van der Waals surface area contributed by atoms with Crippen molar-refractivity contribution in [3.8, 4) is 28.8 Å². The summed E-state index contributed by atoms with van der Waals surface area (Å²) in [7, 11) is 0. The van der Waals surface area contributed by atoms with Crippen LogP contribution in [0, 0.1) is 21.4 Å². The van der Waals surface area contributed by atoms with Crippen molar-refractivity contribution < 1.29 is 14.4 Å². The van der Waals surface area contributed by atoms with Crippen LogP contribution in [0.2, 0.25) is 0 Å². The van der Waals surface area contributed by atoms with Crippen molar-refractivity contribution in [2.24, 2.45) is 0 Å². The molecule has 29 heavy (non-hydrogen) atoms. The number of ether oxygens (including phenoxy) is 2. The average molecular weight is 406 g/mol. The van der Waals surface area contributed by atoms with Crippen LogP contribution in [0.25, 0.3) is 16.8 Å². The van der Waals surface area contributed by atoms with E-state index in [1.807, 2.05) is 6.07 Å². The van der Waals surface area contributed by atoms with Gasteiger partial charge in [-0.3, -0.25) is 10.1 Å². The van der Waals surface area contributed by atoms with E-state index in [1.165, 1.54) is 23.5 Å². The number of thiazole rings is 1. The molecular formula is C20H14N4O4S. The molecule has 0 fully saturated rings. The van der Waals surface area contributed by atoms with Crippen molar-refractivity contribution in [1.29, 1.82) is 5.26 Å². The van der Waals surface area contributed by atoms with Crippen molar-refractivity contribution in [3.05, 3.63) is 69.2 Å². The number of non-ortho nitro benzene ring substituents is 1. The van der Waals surface area contributed by atoms with Gasteiger partial charge in [0.15, 0.2) is 11.5 Å². The van der Waals surface area contributed by atoms with Gasteiger partial charge in [-0.1, -0.05) is 12.1 Å². The van der Waals surface area contributed by atoms with Gasteiger partial charge in [-0.2, -0.15) is 5.26 Å². The monoisotopic (exact) mass is 406 g/mol. The van der Waals surface area contributed by atoms with Gasteiger partial charge in [0.2, 0.25) is 0 Å². The lowest BCUT2D eigenvalue weighted by atomic mass is 10.1. The van der Waals surface area contributed by atoms with Gasteiger partial charge in [-0.25, -0.2) is 4.98 Å². The molecule has 8 nitrogen and oxygen atoms in total. The Morgan fingerprint density at radius 2 is 2.07 bits per heavy atom. The molecule has 1 N–H and O–H groups in total. The molecule has 0 radical (unpaired) electrons. The summed E-state index contributed by atoms with van der Waals surface area (Å²) in [5.41, 5.74) is 2.29. The number of nitro groups is 1. The van der Waals surface area contributed by atoms with Crippen LogP contribution in [0.5, 0.6) is 11.5 Å². The Morgan fingerprint density at radius 3 is 2.86 bits per heavy atom. The number of nitrogens with zero attached hydrogens (tertiary/aromatic N) is 3. The maximum atomic E-state index is 11.0. The number of hydrogen-bond donors (Lipinski definition) is 1. The van der Waals surface area contributed by atoms with Crippen LogP contribution in [0.3, 0.4) is 0 Å². The molecule has 3 aromatic rings. The molecule has 0 amide bonds. The molecule has 1 aliphatic rings. The average Bonchev–Trinajstić information content (AvgIpc) is 3.24. The van der Waals surface area contributed by atoms with Gasteiger partial charge < -0.3 is 14.8 Å². The molecule has 0 unspecified atom stereocenters. The first-order chi connectivity index (χ1) is 14.1. The highest BCUT2D eigenvalue weighted by atomic mass is 32.1.